The van der Waals surface area contributed by atoms with Gasteiger partial charge >= 0.3 is 0 Å². The number of anilines is 3. The molecule has 182 valence electrons. The number of hydrogen-bond acceptors (Lipinski definition) is 5. The highest BCUT2D eigenvalue weighted by molar-refractivity contribution is 7.92. The van der Waals surface area contributed by atoms with Crippen LogP contribution in [-0.2, 0) is 14.8 Å². The van der Waals surface area contributed by atoms with Gasteiger partial charge in [-0.3, -0.25) is 9.52 Å². The van der Waals surface area contributed by atoms with Crippen LogP contribution in [0, 0.1) is 5.82 Å². The number of carbonyl (C=O) groups is 1. The van der Waals surface area contributed by atoms with Crippen LogP contribution in [0.4, 0.5) is 21.5 Å². The van der Waals surface area contributed by atoms with Crippen LogP contribution in [-0.4, -0.2) is 34.5 Å². The van der Waals surface area contributed by atoms with Crippen LogP contribution in [0.15, 0.2) is 77.7 Å². The van der Waals surface area contributed by atoms with Gasteiger partial charge in [-0.25, -0.2) is 12.8 Å². The zero-order chi connectivity index (χ0) is 24.8. The summed E-state index contributed by atoms with van der Waals surface area (Å²) in [6.07, 6.45) is 4.83. The summed E-state index contributed by atoms with van der Waals surface area (Å²) in [5.41, 5.74) is 1.99. The van der Waals surface area contributed by atoms with Crippen molar-refractivity contribution in [3.8, 4) is 5.75 Å². The van der Waals surface area contributed by atoms with E-state index < -0.39 is 15.9 Å². The normalized spacial score (nSPS) is 13.7. The topological polar surface area (TPSA) is 87.7 Å². The molecule has 1 aliphatic heterocycles. The number of sulfonamides is 1. The maximum Gasteiger partial charge on any atom is 0.264 e. The second-order valence-electron chi connectivity index (χ2n) is 8.08. The van der Waals surface area contributed by atoms with Gasteiger partial charge in [0.2, 0.25) is 5.91 Å². The number of benzene rings is 3. The second-order valence-corrected chi connectivity index (χ2v) is 9.74. The van der Waals surface area contributed by atoms with Gasteiger partial charge in [-0.2, -0.15) is 0 Å². The Morgan fingerprint density at radius 1 is 0.971 bits per heavy atom. The van der Waals surface area contributed by atoms with E-state index in [9.17, 15) is 17.6 Å². The van der Waals surface area contributed by atoms with Gasteiger partial charge in [-0.1, -0.05) is 12.1 Å². The van der Waals surface area contributed by atoms with E-state index in [0.29, 0.717) is 28.4 Å². The summed E-state index contributed by atoms with van der Waals surface area (Å²) in [5, 5.41) is 2.71. The summed E-state index contributed by atoms with van der Waals surface area (Å²) in [4.78, 5) is 14.6. The number of methoxy groups -OCH3 is 1. The molecule has 0 aromatic heterocycles. The Morgan fingerprint density at radius 3 is 2.29 bits per heavy atom. The Morgan fingerprint density at radius 2 is 1.63 bits per heavy atom. The predicted molar refractivity (Wildman–Crippen MR) is 136 cm³/mol. The lowest BCUT2D eigenvalue weighted by Gasteiger charge is -2.22. The molecule has 9 heteroatoms. The lowest BCUT2D eigenvalue weighted by Crippen LogP contribution is -2.23. The summed E-state index contributed by atoms with van der Waals surface area (Å²) < 4.78 is 47.6. The molecular formula is C26H26FN3O4S. The molecule has 0 spiro atoms. The first-order valence-corrected chi connectivity index (χ1v) is 12.6. The van der Waals surface area contributed by atoms with Crippen molar-refractivity contribution in [3.63, 3.8) is 0 Å². The number of halogens is 1. The van der Waals surface area contributed by atoms with Crippen molar-refractivity contribution < 1.29 is 22.3 Å². The zero-order valence-corrected chi connectivity index (χ0v) is 20.0. The molecule has 3 aromatic rings. The van der Waals surface area contributed by atoms with Crippen molar-refractivity contribution in [3.05, 3.63) is 84.2 Å². The summed E-state index contributed by atoms with van der Waals surface area (Å²) >= 11 is 0. The Kier molecular flexibility index (Phi) is 7.36. The van der Waals surface area contributed by atoms with E-state index in [2.05, 4.69) is 10.0 Å². The number of hydrogen-bond donors (Lipinski definition) is 2. The first kappa shape index (κ1) is 24.3. The molecule has 0 saturated carbocycles. The fourth-order valence-corrected chi connectivity index (χ4v) is 5.14. The molecule has 1 fully saturated rings. The summed E-state index contributed by atoms with van der Waals surface area (Å²) in [6, 6.07) is 17.2. The van der Waals surface area contributed by atoms with Gasteiger partial charge in [0.1, 0.15) is 16.5 Å². The van der Waals surface area contributed by atoms with Crippen LogP contribution in [0.25, 0.3) is 6.08 Å². The molecule has 2 N–H and O–H groups in total. The average molecular weight is 496 g/mol. The van der Waals surface area contributed by atoms with Crippen LogP contribution >= 0.6 is 0 Å². The van der Waals surface area contributed by atoms with E-state index in [-0.39, 0.29) is 10.7 Å². The molecule has 1 heterocycles. The molecule has 1 aliphatic rings. The van der Waals surface area contributed by atoms with Crippen LogP contribution < -0.4 is 19.7 Å². The lowest BCUT2D eigenvalue weighted by molar-refractivity contribution is -0.111. The molecule has 0 radical (unpaired) electrons. The third-order valence-corrected chi connectivity index (χ3v) is 7.01. The highest BCUT2D eigenvalue weighted by atomic mass is 32.2. The molecule has 7 nitrogen and oxygen atoms in total. The number of ether oxygens (including phenoxy) is 1. The van der Waals surface area contributed by atoms with Crippen molar-refractivity contribution in [1.29, 1.82) is 0 Å². The average Bonchev–Trinajstić information content (AvgIpc) is 3.39. The highest BCUT2D eigenvalue weighted by Gasteiger charge is 2.25. The van der Waals surface area contributed by atoms with Gasteiger partial charge < -0.3 is 15.0 Å². The fourth-order valence-electron chi connectivity index (χ4n) is 3.83. The SMILES string of the molecule is COc1ccc(NS(=O)(=O)c2cc(NC(=O)/C=C/c3ccc(F)cc3)ccc2N2CCCC2)cc1. The lowest BCUT2D eigenvalue weighted by atomic mass is 10.2. The standard InChI is InChI=1S/C26H26FN3O4S/c1-34-23-12-9-21(10-13-23)29-35(32,33)25-18-22(11-14-24(25)30-16-2-3-17-30)28-26(31)15-6-19-4-7-20(27)8-5-19/h4-15,18,29H,2-3,16-17H2,1H3,(H,28,31)/b15-6+. The Balaban J connectivity index is 1.58. The predicted octanol–water partition coefficient (Wildman–Crippen LogP) is 4.89. The van der Waals surface area contributed by atoms with E-state index in [4.69, 9.17) is 4.74 Å². The molecule has 35 heavy (non-hydrogen) atoms. The van der Waals surface area contributed by atoms with E-state index in [1.54, 1.807) is 54.6 Å². The summed E-state index contributed by atoms with van der Waals surface area (Å²) in [7, 11) is -2.42. The van der Waals surface area contributed by atoms with Gasteiger partial charge in [0, 0.05) is 30.5 Å². The maximum atomic E-state index is 13.4. The monoisotopic (exact) mass is 495 g/mol. The molecule has 0 aliphatic carbocycles. The molecule has 0 unspecified atom stereocenters. The molecule has 1 amide bonds. The third kappa shape index (κ3) is 6.19. The fraction of sp³-hybridized carbons (Fsp3) is 0.192. The first-order chi connectivity index (χ1) is 16.8. The second kappa shape index (κ2) is 10.6. The minimum Gasteiger partial charge on any atom is -0.497 e. The Bertz CT molecular complexity index is 1320. The highest BCUT2D eigenvalue weighted by Crippen LogP contribution is 2.32. The van der Waals surface area contributed by atoms with Crippen molar-refractivity contribution in [1.82, 2.24) is 0 Å². The van der Waals surface area contributed by atoms with Gasteiger partial charge in [-0.05, 0) is 79.1 Å². The van der Waals surface area contributed by atoms with E-state index in [0.717, 1.165) is 25.9 Å². The van der Waals surface area contributed by atoms with Gasteiger partial charge in [0.05, 0.1) is 12.8 Å². The molecule has 3 aromatic carbocycles. The maximum absolute atomic E-state index is 13.4. The minimum absolute atomic E-state index is 0.0792. The zero-order valence-electron chi connectivity index (χ0n) is 19.2. The van der Waals surface area contributed by atoms with E-state index in [1.165, 1.54) is 31.4 Å². The quantitative estimate of drug-likeness (QED) is 0.435. The summed E-state index contributed by atoms with van der Waals surface area (Å²) in [6.45, 7) is 1.52. The minimum atomic E-state index is -3.96. The van der Waals surface area contributed by atoms with Crippen molar-refractivity contribution in [2.75, 3.05) is 35.1 Å². The van der Waals surface area contributed by atoms with Crippen molar-refractivity contribution in [2.24, 2.45) is 0 Å². The van der Waals surface area contributed by atoms with Crippen LogP contribution in [0.1, 0.15) is 18.4 Å². The molecule has 0 bridgehead atoms. The number of rotatable bonds is 8. The summed E-state index contributed by atoms with van der Waals surface area (Å²) in [5.74, 6) is -0.180. The van der Waals surface area contributed by atoms with Crippen LogP contribution in [0.3, 0.4) is 0 Å². The largest absolute Gasteiger partial charge is 0.497 e. The number of amides is 1. The van der Waals surface area contributed by atoms with Gasteiger partial charge in [-0.15, -0.1) is 0 Å². The molecule has 1 saturated heterocycles. The number of nitrogens with zero attached hydrogens (tertiary/aromatic N) is 1. The van der Waals surface area contributed by atoms with E-state index >= 15 is 0 Å². The van der Waals surface area contributed by atoms with Crippen molar-refractivity contribution in [2.45, 2.75) is 17.7 Å². The number of nitrogens with one attached hydrogen (secondary N) is 2. The van der Waals surface area contributed by atoms with Gasteiger partial charge in [0.25, 0.3) is 10.0 Å². The smallest absolute Gasteiger partial charge is 0.264 e. The van der Waals surface area contributed by atoms with Crippen molar-refractivity contribution >= 4 is 39.1 Å². The molecule has 0 atom stereocenters. The Hall–Kier alpha value is -3.85. The van der Waals surface area contributed by atoms with Crippen LogP contribution in [0.2, 0.25) is 0 Å². The molecule has 4 rings (SSSR count). The van der Waals surface area contributed by atoms with Gasteiger partial charge in [0.15, 0.2) is 0 Å². The van der Waals surface area contributed by atoms with E-state index in [1.807, 2.05) is 4.90 Å². The van der Waals surface area contributed by atoms with Crippen LogP contribution in [0.5, 0.6) is 5.75 Å². The third-order valence-electron chi connectivity index (χ3n) is 5.60. The first-order valence-electron chi connectivity index (χ1n) is 11.1. The Labute approximate surface area is 204 Å². The molecular weight excluding hydrogens is 469 g/mol. The number of carbonyl (C=O) groups excluding carboxylic acids is 1.